The van der Waals surface area contributed by atoms with Crippen LogP contribution in [0, 0.1) is 12.8 Å². The highest BCUT2D eigenvalue weighted by molar-refractivity contribution is 5.95. The van der Waals surface area contributed by atoms with E-state index < -0.39 is 18.0 Å². The summed E-state index contributed by atoms with van der Waals surface area (Å²) in [7, 11) is 0. The van der Waals surface area contributed by atoms with Gasteiger partial charge >= 0.3 is 6.18 Å². The second kappa shape index (κ2) is 3.50. The van der Waals surface area contributed by atoms with E-state index >= 15 is 0 Å². The number of nitrogens with zero attached hydrogens (tertiary/aromatic N) is 2. The summed E-state index contributed by atoms with van der Waals surface area (Å²) in [5.41, 5.74) is 0.904. The van der Waals surface area contributed by atoms with Crippen molar-refractivity contribution >= 4 is 5.91 Å². The highest BCUT2D eigenvalue weighted by Crippen LogP contribution is 2.34. The number of amides is 1. The fraction of sp³-hybridized carbons (Fsp3) is 0.556. The number of H-pyrrole nitrogens is 1. The van der Waals surface area contributed by atoms with Gasteiger partial charge in [0.15, 0.2) is 0 Å². The normalized spacial score (nSPS) is 17.4. The lowest BCUT2D eigenvalue weighted by Gasteiger charge is -2.39. The number of likely N-dealkylation sites (tertiary alicyclic amines) is 1. The number of nitrogens with one attached hydrogen (secondary N) is 1. The molecule has 1 aromatic rings. The Morgan fingerprint density at radius 1 is 1.56 bits per heavy atom. The van der Waals surface area contributed by atoms with Crippen LogP contribution in [-0.4, -0.2) is 40.3 Å². The monoisotopic (exact) mass is 233 g/mol. The summed E-state index contributed by atoms with van der Waals surface area (Å²) >= 11 is 0. The second-order valence-electron chi connectivity index (χ2n) is 3.86. The van der Waals surface area contributed by atoms with E-state index in [9.17, 15) is 18.0 Å². The van der Waals surface area contributed by atoms with Gasteiger partial charge in [-0.2, -0.15) is 18.3 Å². The van der Waals surface area contributed by atoms with Gasteiger partial charge in [0.1, 0.15) is 0 Å². The van der Waals surface area contributed by atoms with Crippen molar-refractivity contribution in [2.75, 3.05) is 13.1 Å². The summed E-state index contributed by atoms with van der Waals surface area (Å²) in [4.78, 5) is 12.9. The van der Waals surface area contributed by atoms with Gasteiger partial charge in [0.2, 0.25) is 0 Å². The molecule has 1 aromatic heterocycles. The van der Waals surface area contributed by atoms with Crippen LogP contribution in [0.2, 0.25) is 0 Å². The number of aromatic nitrogens is 2. The molecular weight excluding hydrogens is 223 g/mol. The molecule has 88 valence electrons. The molecule has 1 saturated heterocycles. The lowest BCUT2D eigenvalue weighted by Crippen LogP contribution is -2.55. The van der Waals surface area contributed by atoms with Crippen molar-refractivity contribution in [2.45, 2.75) is 13.1 Å². The van der Waals surface area contributed by atoms with Gasteiger partial charge in [-0.25, -0.2) is 0 Å². The smallest absolute Gasteiger partial charge is 0.337 e. The third-order valence-electron chi connectivity index (χ3n) is 2.69. The molecule has 2 rings (SSSR count). The number of halogens is 3. The number of rotatable bonds is 1. The number of aromatic amines is 1. The van der Waals surface area contributed by atoms with E-state index in [-0.39, 0.29) is 13.1 Å². The van der Waals surface area contributed by atoms with Crippen molar-refractivity contribution in [1.29, 1.82) is 0 Å². The third-order valence-corrected chi connectivity index (χ3v) is 2.69. The van der Waals surface area contributed by atoms with E-state index in [0.29, 0.717) is 11.3 Å². The van der Waals surface area contributed by atoms with Crippen molar-refractivity contribution in [3.8, 4) is 0 Å². The molecule has 0 unspecified atom stereocenters. The number of alkyl halides is 3. The topological polar surface area (TPSA) is 49.0 Å². The number of hydrogen-bond acceptors (Lipinski definition) is 2. The summed E-state index contributed by atoms with van der Waals surface area (Å²) in [5.74, 6) is -1.78. The van der Waals surface area contributed by atoms with Crippen LogP contribution < -0.4 is 0 Å². The summed E-state index contributed by atoms with van der Waals surface area (Å²) in [6, 6.07) is 0. The highest BCUT2D eigenvalue weighted by atomic mass is 19.4. The SMILES string of the molecule is Cc1[nH]ncc1C(=O)N1CC(C(F)(F)F)C1. The Morgan fingerprint density at radius 2 is 2.19 bits per heavy atom. The molecular formula is C9H10F3N3O. The lowest BCUT2D eigenvalue weighted by atomic mass is 9.98. The summed E-state index contributed by atoms with van der Waals surface area (Å²) in [5, 5.41) is 6.23. The average Bonchev–Trinajstić information content (AvgIpc) is 2.45. The first kappa shape index (κ1) is 11.0. The van der Waals surface area contributed by atoms with Crippen LogP contribution in [-0.2, 0) is 0 Å². The Hall–Kier alpha value is -1.53. The van der Waals surface area contributed by atoms with Crippen LogP contribution in [0.1, 0.15) is 16.1 Å². The number of carbonyl (C=O) groups is 1. The maximum Gasteiger partial charge on any atom is 0.395 e. The number of hydrogen-bond donors (Lipinski definition) is 1. The van der Waals surface area contributed by atoms with Gasteiger partial charge in [0, 0.05) is 18.8 Å². The molecule has 0 spiro atoms. The molecule has 1 aliphatic rings. The summed E-state index contributed by atoms with van der Waals surface area (Å²) < 4.78 is 36.6. The first-order valence-electron chi connectivity index (χ1n) is 4.75. The van der Waals surface area contributed by atoms with Crippen LogP contribution in [0.3, 0.4) is 0 Å². The van der Waals surface area contributed by atoms with Crippen molar-refractivity contribution in [3.63, 3.8) is 0 Å². The van der Waals surface area contributed by atoms with E-state index in [1.54, 1.807) is 6.92 Å². The Kier molecular flexibility index (Phi) is 2.40. The zero-order valence-corrected chi connectivity index (χ0v) is 8.51. The van der Waals surface area contributed by atoms with E-state index in [0.717, 1.165) is 0 Å². The molecule has 0 saturated carbocycles. The Balaban J connectivity index is 1.99. The molecule has 7 heteroatoms. The van der Waals surface area contributed by atoms with Crippen molar-refractivity contribution in [3.05, 3.63) is 17.5 Å². The molecule has 16 heavy (non-hydrogen) atoms. The molecule has 0 aromatic carbocycles. The largest absolute Gasteiger partial charge is 0.395 e. The highest BCUT2D eigenvalue weighted by Gasteiger charge is 2.48. The average molecular weight is 233 g/mol. The van der Waals surface area contributed by atoms with Gasteiger partial charge in [-0.3, -0.25) is 9.89 Å². The van der Waals surface area contributed by atoms with Gasteiger partial charge < -0.3 is 4.90 Å². The Bertz CT molecular complexity index is 406. The predicted octanol–water partition coefficient (Wildman–Crippen LogP) is 1.35. The third kappa shape index (κ3) is 1.77. The molecule has 2 heterocycles. The molecule has 0 bridgehead atoms. The fourth-order valence-corrected chi connectivity index (χ4v) is 1.59. The molecule has 4 nitrogen and oxygen atoms in total. The van der Waals surface area contributed by atoms with Crippen molar-refractivity contribution in [2.24, 2.45) is 5.92 Å². The molecule has 0 aliphatic carbocycles. The van der Waals surface area contributed by atoms with Crippen LogP contribution in [0.4, 0.5) is 13.2 Å². The van der Waals surface area contributed by atoms with E-state index in [2.05, 4.69) is 10.2 Å². The van der Waals surface area contributed by atoms with Crippen LogP contribution in [0.5, 0.6) is 0 Å². The maximum atomic E-state index is 12.2. The minimum atomic E-state index is -4.21. The van der Waals surface area contributed by atoms with E-state index in [1.807, 2.05) is 0 Å². The number of aryl methyl sites for hydroxylation is 1. The van der Waals surface area contributed by atoms with Gasteiger partial charge in [0.25, 0.3) is 5.91 Å². The zero-order valence-electron chi connectivity index (χ0n) is 8.51. The minimum absolute atomic E-state index is 0.257. The van der Waals surface area contributed by atoms with E-state index in [4.69, 9.17) is 0 Å². The minimum Gasteiger partial charge on any atom is -0.337 e. The second-order valence-corrected chi connectivity index (χ2v) is 3.86. The molecule has 1 amide bonds. The maximum absolute atomic E-state index is 12.2. The Labute approximate surface area is 89.4 Å². The van der Waals surface area contributed by atoms with E-state index in [1.165, 1.54) is 11.1 Å². The quantitative estimate of drug-likeness (QED) is 0.796. The molecule has 1 N–H and O–H groups in total. The zero-order chi connectivity index (χ0) is 11.9. The standard InChI is InChI=1S/C9H10F3N3O/c1-5-7(2-13-14-5)8(16)15-3-6(4-15)9(10,11)12/h2,6H,3-4H2,1H3,(H,13,14). The summed E-state index contributed by atoms with van der Waals surface area (Å²) in [6.45, 7) is 1.14. The van der Waals surface area contributed by atoms with Crippen LogP contribution in [0.15, 0.2) is 6.20 Å². The molecule has 1 fully saturated rings. The Morgan fingerprint density at radius 3 is 2.62 bits per heavy atom. The van der Waals surface area contributed by atoms with Gasteiger partial charge in [-0.1, -0.05) is 0 Å². The van der Waals surface area contributed by atoms with Gasteiger partial charge in [-0.05, 0) is 6.92 Å². The summed E-state index contributed by atoms with van der Waals surface area (Å²) in [6.07, 6.45) is -2.87. The van der Waals surface area contributed by atoms with Gasteiger partial charge in [-0.15, -0.1) is 0 Å². The fourth-order valence-electron chi connectivity index (χ4n) is 1.59. The number of carbonyl (C=O) groups excluding carboxylic acids is 1. The lowest BCUT2D eigenvalue weighted by molar-refractivity contribution is -0.202. The molecule has 0 radical (unpaired) electrons. The predicted molar refractivity (Wildman–Crippen MR) is 48.8 cm³/mol. The van der Waals surface area contributed by atoms with Gasteiger partial charge in [0.05, 0.1) is 17.7 Å². The van der Waals surface area contributed by atoms with Crippen LogP contribution >= 0.6 is 0 Å². The molecule has 1 aliphatic heterocycles. The molecule has 0 atom stereocenters. The van der Waals surface area contributed by atoms with Crippen molar-refractivity contribution in [1.82, 2.24) is 15.1 Å². The van der Waals surface area contributed by atoms with Crippen LogP contribution in [0.25, 0.3) is 0 Å². The first-order valence-corrected chi connectivity index (χ1v) is 4.75. The first-order chi connectivity index (χ1) is 7.39. The van der Waals surface area contributed by atoms with Crippen molar-refractivity contribution < 1.29 is 18.0 Å².